The summed E-state index contributed by atoms with van der Waals surface area (Å²) < 4.78 is 11.5. The van der Waals surface area contributed by atoms with Crippen molar-refractivity contribution in [3.63, 3.8) is 0 Å². The van der Waals surface area contributed by atoms with Crippen LogP contribution in [0.15, 0.2) is 36.4 Å². The summed E-state index contributed by atoms with van der Waals surface area (Å²) in [5.41, 5.74) is 0.975. The molecule has 0 bridgehead atoms. The Morgan fingerprint density at radius 3 is 2.42 bits per heavy atom. The predicted octanol–water partition coefficient (Wildman–Crippen LogP) is 1.24. The highest BCUT2D eigenvalue weighted by Crippen LogP contribution is 2.25. The van der Waals surface area contributed by atoms with Crippen molar-refractivity contribution >= 4 is 28.7 Å². The lowest BCUT2D eigenvalue weighted by atomic mass is 9.98. The van der Waals surface area contributed by atoms with E-state index in [9.17, 15) is 4.79 Å². The highest BCUT2D eigenvalue weighted by Gasteiger charge is 2.17. The smallest absolute Gasteiger partial charge is 0.313 e. The van der Waals surface area contributed by atoms with Crippen molar-refractivity contribution in [3.05, 3.63) is 42.0 Å². The largest absolute Gasteiger partial charge is 1.00 e. The Labute approximate surface area is 167 Å². The zero-order valence-electron chi connectivity index (χ0n) is 16.1. The summed E-state index contributed by atoms with van der Waals surface area (Å²) in [6.45, 7) is 2.37. The van der Waals surface area contributed by atoms with Crippen LogP contribution in [0.1, 0.15) is 24.8 Å². The SMILES string of the molecule is COc1ccc2cc([C@H](C)C(=O)OCCCS[N+](C)(C)C)ccc2c1.[Cl-]. The molecule has 26 heavy (non-hydrogen) atoms. The van der Waals surface area contributed by atoms with Gasteiger partial charge in [-0.2, -0.15) is 0 Å². The Balaban J connectivity index is 0.00000338. The van der Waals surface area contributed by atoms with Gasteiger partial charge in [-0.25, -0.2) is 0 Å². The number of hydrogen-bond donors (Lipinski definition) is 0. The Kier molecular flexibility index (Phi) is 8.74. The van der Waals surface area contributed by atoms with Crippen molar-refractivity contribution in [2.45, 2.75) is 19.3 Å². The van der Waals surface area contributed by atoms with Gasteiger partial charge in [0, 0.05) is 0 Å². The minimum Gasteiger partial charge on any atom is -1.00 e. The summed E-state index contributed by atoms with van der Waals surface area (Å²) >= 11 is 1.83. The van der Waals surface area contributed by atoms with Crippen molar-refractivity contribution in [2.75, 3.05) is 40.6 Å². The number of carbonyl (C=O) groups is 1. The van der Waals surface area contributed by atoms with Gasteiger partial charge in [0.15, 0.2) is 0 Å². The lowest BCUT2D eigenvalue weighted by Crippen LogP contribution is -3.00. The van der Waals surface area contributed by atoms with Crippen LogP contribution in [0.3, 0.4) is 0 Å². The number of methoxy groups -OCH3 is 1. The van der Waals surface area contributed by atoms with E-state index < -0.39 is 0 Å². The number of esters is 1. The Bertz CT molecular complexity index is 731. The average Bonchev–Trinajstić information content (AvgIpc) is 2.58. The minimum absolute atomic E-state index is 0. The molecule has 0 unspecified atom stereocenters. The third-order valence-electron chi connectivity index (χ3n) is 3.94. The molecular formula is C20H28ClNO3S. The number of ether oxygens (including phenoxy) is 2. The fourth-order valence-corrected chi connectivity index (χ4v) is 3.26. The van der Waals surface area contributed by atoms with Gasteiger partial charge in [-0.1, -0.05) is 24.3 Å². The molecule has 6 heteroatoms. The van der Waals surface area contributed by atoms with Crippen molar-refractivity contribution in [2.24, 2.45) is 0 Å². The summed E-state index contributed by atoms with van der Waals surface area (Å²) in [6, 6.07) is 12.0. The van der Waals surface area contributed by atoms with Crippen LogP contribution < -0.4 is 17.1 Å². The lowest BCUT2D eigenvalue weighted by molar-refractivity contribution is -0.726. The molecule has 0 radical (unpaired) electrons. The summed E-state index contributed by atoms with van der Waals surface area (Å²) in [5.74, 6) is 1.38. The zero-order chi connectivity index (χ0) is 18.4. The van der Waals surface area contributed by atoms with Crippen LogP contribution in [0.25, 0.3) is 10.8 Å². The summed E-state index contributed by atoms with van der Waals surface area (Å²) in [5, 5.41) is 2.19. The molecule has 0 aromatic heterocycles. The first-order chi connectivity index (χ1) is 11.8. The third kappa shape index (κ3) is 6.71. The van der Waals surface area contributed by atoms with E-state index in [1.807, 2.05) is 55.3 Å². The Hall–Kier alpha value is -1.43. The van der Waals surface area contributed by atoms with E-state index in [-0.39, 0.29) is 24.3 Å². The van der Waals surface area contributed by atoms with E-state index >= 15 is 0 Å². The zero-order valence-corrected chi connectivity index (χ0v) is 17.7. The van der Waals surface area contributed by atoms with Crippen LogP contribution in [-0.4, -0.2) is 50.5 Å². The maximum Gasteiger partial charge on any atom is 0.313 e. The molecule has 0 saturated carbocycles. The van der Waals surface area contributed by atoms with E-state index in [1.54, 1.807) is 7.11 Å². The maximum absolute atomic E-state index is 12.3. The first-order valence-electron chi connectivity index (χ1n) is 8.50. The molecule has 0 aliphatic rings. The number of halogens is 1. The van der Waals surface area contributed by atoms with Gasteiger partial charge in [-0.3, -0.25) is 8.68 Å². The fourth-order valence-electron chi connectivity index (χ4n) is 2.47. The summed E-state index contributed by atoms with van der Waals surface area (Å²) in [6.07, 6.45) is 0.871. The molecule has 0 fully saturated rings. The highest BCUT2D eigenvalue weighted by atomic mass is 35.5. The van der Waals surface area contributed by atoms with E-state index in [0.29, 0.717) is 6.61 Å². The molecule has 0 aliphatic heterocycles. The van der Waals surface area contributed by atoms with Gasteiger partial charge >= 0.3 is 5.97 Å². The number of rotatable bonds is 8. The lowest BCUT2D eigenvalue weighted by Gasteiger charge is -2.20. The molecule has 0 aliphatic carbocycles. The fraction of sp³-hybridized carbons (Fsp3) is 0.450. The van der Waals surface area contributed by atoms with Crippen molar-refractivity contribution in [1.29, 1.82) is 0 Å². The molecule has 0 spiro atoms. The van der Waals surface area contributed by atoms with Gasteiger partial charge in [0.25, 0.3) is 0 Å². The van der Waals surface area contributed by atoms with Gasteiger partial charge < -0.3 is 21.9 Å². The number of benzene rings is 2. The number of carbonyl (C=O) groups excluding carboxylic acids is 1. The summed E-state index contributed by atoms with van der Waals surface area (Å²) in [7, 11) is 8.06. The van der Waals surface area contributed by atoms with Gasteiger partial charge in [0.05, 0.1) is 58.5 Å². The molecule has 2 rings (SSSR count). The van der Waals surface area contributed by atoms with Crippen LogP contribution in [0.5, 0.6) is 5.75 Å². The van der Waals surface area contributed by atoms with Gasteiger partial charge in [-0.05, 0) is 41.8 Å². The molecule has 0 heterocycles. The molecule has 0 saturated heterocycles. The second-order valence-corrected chi connectivity index (χ2v) is 8.70. The van der Waals surface area contributed by atoms with E-state index in [1.165, 1.54) is 0 Å². The van der Waals surface area contributed by atoms with Gasteiger partial charge in [-0.15, -0.1) is 0 Å². The normalized spacial score (nSPS) is 12.3. The standard InChI is InChI=1S/C20H28NO3S.ClH/c1-15(20(22)24-11-6-12-25-21(2,3)4)16-7-8-18-14-19(23-5)10-9-17(18)13-16;/h7-10,13-15H,6,11-12H2,1-5H3;1H/q+1;/p-1/t15-;/m0./s1. The van der Waals surface area contributed by atoms with Gasteiger partial charge in [0.2, 0.25) is 0 Å². The van der Waals surface area contributed by atoms with E-state index in [0.717, 1.165) is 38.1 Å². The number of quaternary nitrogens is 1. The maximum atomic E-state index is 12.3. The minimum atomic E-state index is -0.266. The average molecular weight is 398 g/mol. The Morgan fingerprint density at radius 2 is 1.77 bits per heavy atom. The monoisotopic (exact) mass is 397 g/mol. The van der Waals surface area contributed by atoms with Crippen molar-refractivity contribution in [1.82, 2.24) is 0 Å². The van der Waals surface area contributed by atoms with E-state index in [4.69, 9.17) is 9.47 Å². The number of hydrogen-bond acceptors (Lipinski definition) is 4. The van der Waals surface area contributed by atoms with Crippen molar-refractivity contribution in [3.8, 4) is 5.75 Å². The van der Waals surface area contributed by atoms with Crippen LogP contribution in [0.4, 0.5) is 0 Å². The van der Waals surface area contributed by atoms with Gasteiger partial charge in [0.1, 0.15) is 5.75 Å². The van der Waals surface area contributed by atoms with Crippen LogP contribution in [0.2, 0.25) is 0 Å². The first kappa shape index (κ1) is 22.6. The predicted molar refractivity (Wildman–Crippen MR) is 105 cm³/mol. The third-order valence-corrected chi connectivity index (χ3v) is 5.18. The number of fused-ring (bicyclic) bond motifs is 1. The molecule has 1 atom stereocenters. The number of nitrogens with zero attached hydrogens (tertiary/aromatic N) is 1. The molecule has 0 N–H and O–H groups in total. The van der Waals surface area contributed by atoms with Crippen LogP contribution in [0, 0.1) is 0 Å². The highest BCUT2D eigenvalue weighted by molar-refractivity contribution is 7.93. The Morgan fingerprint density at radius 1 is 1.12 bits per heavy atom. The second kappa shape index (κ2) is 10.0. The molecule has 2 aromatic carbocycles. The molecular weight excluding hydrogens is 370 g/mol. The summed E-state index contributed by atoms with van der Waals surface area (Å²) in [4.78, 5) is 12.3. The van der Waals surface area contributed by atoms with Crippen LogP contribution in [-0.2, 0) is 9.53 Å². The quantitative estimate of drug-likeness (QED) is 0.290. The van der Waals surface area contributed by atoms with Crippen molar-refractivity contribution < 1.29 is 30.6 Å². The van der Waals surface area contributed by atoms with E-state index in [2.05, 4.69) is 21.1 Å². The molecule has 0 amide bonds. The second-order valence-electron chi connectivity index (χ2n) is 6.94. The van der Waals surface area contributed by atoms with Crippen LogP contribution >= 0.6 is 11.9 Å². The molecule has 4 nitrogen and oxygen atoms in total. The topological polar surface area (TPSA) is 35.5 Å². The first-order valence-corrected chi connectivity index (χ1v) is 9.45. The molecule has 144 valence electrons. The molecule has 2 aromatic rings.